The van der Waals surface area contributed by atoms with E-state index in [4.69, 9.17) is 5.84 Å². The molecule has 0 aliphatic rings. The Bertz CT molecular complexity index is 151. The van der Waals surface area contributed by atoms with Gasteiger partial charge in [-0.25, -0.2) is 0 Å². The van der Waals surface area contributed by atoms with E-state index >= 15 is 0 Å². The van der Waals surface area contributed by atoms with E-state index < -0.39 is 0 Å². The van der Waals surface area contributed by atoms with E-state index in [2.05, 4.69) is 52.1 Å². The Morgan fingerprint density at radius 1 is 1.21 bits per heavy atom. The molecule has 0 aromatic carbocycles. The molecule has 0 aliphatic carbocycles. The summed E-state index contributed by atoms with van der Waals surface area (Å²) in [5.74, 6) is 6.22. The van der Waals surface area contributed by atoms with Crippen molar-refractivity contribution in [2.45, 2.75) is 52.1 Å². The van der Waals surface area contributed by atoms with Crippen LogP contribution in [0.25, 0.3) is 0 Å². The van der Waals surface area contributed by atoms with E-state index in [0.717, 1.165) is 12.8 Å². The molecule has 1 atom stereocenters. The largest absolute Gasteiger partial charge is 0.302 e. The zero-order valence-corrected chi connectivity index (χ0v) is 10.6. The van der Waals surface area contributed by atoms with Gasteiger partial charge in [-0.3, -0.25) is 11.3 Å². The summed E-state index contributed by atoms with van der Waals surface area (Å²) in [7, 11) is 4.28. The lowest BCUT2D eigenvalue weighted by molar-refractivity contribution is 0.0669. The molecule has 0 spiro atoms. The van der Waals surface area contributed by atoms with Crippen LogP contribution in [0.5, 0.6) is 0 Å². The number of rotatable bonds is 6. The first kappa shape index (κ1) is 13.9. The zero-order valence-electron chi connectivity index (χ0n) is 10.6. The zero-order chi connectivity index (χ0) is 11.4. The quantitative estimate of drug-likeness (QED) is 0.506. The van der Waals surface area contributed by atoms with Crippen LogP contribution in [0.1, 0.15) is 40.5 Å². The van der Waals surface area contributed by atoms with Crippen molar-refractivity contribution >= 4 is 0 Å². The fourth-order valence-corrected chi connectivity index (χ4v) is 2.57. The predicted molar refractivity (Wildman–Crippen MR) is 62.9 cm³/mol. The highest BCUT2D eigenvalue weighted by Gasteiger charge is 2.38. The molecule has 0 radical (unpaired) electrons. The van der Waals surface area contributed by atoms with Crippen molar-refractivity contribution in [3.8, 4) is 0 Å². The Kier molecular flexibility index (Phi) is 5.64. The second-order valence-electron chi connectivity index (χ2n) is 4.59. The number of nitrogens with two attached hydrogens (primary N) is 1. The molecule has 0 rings (SSSR count). The minimum absolute atomic E-state index is 0.170. The average Bonchev–Trinajstić information content (AvgIpc) is 2.12. The number of hydrogen-bond acceptors (Lipinski definition) is 3. The van der Waals surface area contributed by atoms with Crippen LogP contribution in [0.15, 0.2) is 0 Å². The van der Waals surface area contributed by atoms with Crippen LogP contribution < -0.4 is 11.3 Å². The molecule has 3 nitrogen and oxygen atoms in total. The van der Waals surface area contributed by atoms with E-state index in [1.165, 1.54) is 0 Å². The van der Waals surface area contributed by atoms with Crippen molar-refractivity contribution < 1.29 is 0 Å². The standard InChI is InChI=1S/C11H27N3/c1-7-11(8-2,14(5)6)10(13-12)9(3)4/h9-10,13H,7-8,12H2,1-6H3. The molecule has 0 saturated heterocycles. The van der Waals surface area contributed by atoms with Gasteiger partial charge >= 0.3 is 0 Å². The molecule has 1 unspecified atom stereocenters. The van der Waals surface area contributed by atoms with Gasteiger partial charge in [-0.15, -0.1) is 0 Å². The van der Waals surface area contributed by atoms with Gasteiger partial charge in [-0.2, -0.15) is 0 Å². The highest BCUT2D eigenvalue weighted by atomic mass is 15.3. The molecule has 0 fully saturated rings. The third-order valence-electron chi connectivity index (χ3n) is 3.54. The summed E-state index contributed by atoms with van der Waals surface area (Å²) < 4.78 is 0. The summed E-state index contributed by atoms with van der Waals surface area (Å²) in [5, 5.41) is 0. The summed E-state index contributed by atoms with van der Waals surface area (Å²) in [5.41, 5.74) is 3.15. The highest BCUT2D eigenvalue weighted by Crippen LogP contribution is 2.29. The molecule has 0 aliphatic heterocycles. The molecule has 0 aromatic heterocycles. The van der Waals surface area contributed by atoms with Crippen LogP contribution in [0, 0.1) is 5.92 Å². The second kappa shape index (κ2) is 5.69. The monoisotopic (exact) mass is 201 g/mol. The van der Waals surface area contributed by atoms with E-state index in [1.807, 2.05) is 0 Å². The van der Waals surface area contributed by atoms with Crippen LogP contribution in [-0.4, -0.2) is 30.6 Å². The van der Waals surface area contributed by atoms with Crippen molar-refractivity contribution in [2.24, 2.45) is 11.8 Å². The van der Waals surface area contributed by atoms with Gasteiger partial charge < -0.3 is 4.90 Å². The summed E-state index contributed by atoms with van der Waals surface area (Å²) in [6, 6.07) is 0.340. The summed E-state index contributed by atoms with van der Waals surface area (Å²) in [4.78, 5) is 2.30. The molecule has 0 heterocycles. The molecule has 3 heteroatoms. The Morgan fingerprint density at radius 3 is 1.71 bits per heavy atom. The molecule has 0 aromatic rings. The van der Waals surface area contributed by atoms with Crippen LogP contribution in [0.3, 0.4) is 0 Å². The normalized spacial score (nSPS) is 15.2. The molecular formula is C11H27N3. The second-order valence-corrected chi connectivity index (χ2v) is 4.59. The minimum Gasteiger partial charge on any atom is -0.302 e. The number of likely N-dealkylation sites (N-methyl/N-ethyl adjacent to an activating group) is 1. The lowest BCUT2D eigenvalue weighted by Gasteiger charge is -2.46. The Balaban J connectivity index is 4.93. The predicted octanol–water partition coefficient (Wildman–Crippen LogP) is 1.59. The fraction of sp³-hybridized carbons (Fsp3) is 1.00. The van der Waals surface area contributed by atoms with E-state index in [1.54, 1.807) is 0 Å². The minimum atomic E-state index is 0.170. The Hall–Kier alpha value is -0.120. The molecule has 0 amide bonds. The SMILES string of the molecule is CCC(CC)(C(NN)C(C)C)N(C)C. The Morgan fingerprint density at radius 2 is 1.64 bits per heavy atom. The van der Waals surface area contributed by atoms with Crippen molar-refractivity contribution in [1.82, 2.24) is 10.3 Å². The fourth-order valence-electron chi connectivity index (χ4n) is 2.57. The lowest BCUT2D eigenvalue weighted by Crippen LogP contribution is -2.62. The summed E-state index contributed by atoms with van der Waals surface area (Å²) >= 11 is 0. The van der Waals surface area contributed by atoms with Crippen LogP contribution in [0.2, 0.25) is 0 Å². The van der Waals surface area contributed by atoms with Crippen molar-refractivity contribution in [2.75, 3.05) is 14.1 Å². The molecular weight excluding hydrogens is 174 g/mol. The van der Waals surface area contributed by atoms with E-state index in [9.17, 15) is 0 Å². The number of hydrazine groups is 1. The van der Waals surface area contributed by atoms with Crippen LogP contribution >= 0.6 is 0 Å². The van der Waals surface area contributed by atoms with E-state index in [-0.39, 0.29) is 5.54 Å². The van der Waals surface area contributed by atoms with Crippen LogP contribution in [-0.2, 0) is 0 Å². The van der Waals surface area contributed by atoms with Crippen molar-refractivity contribution in [1.29, 1.82) is 0 Å². The van der Waals surface area contributed by atoms with E-state index in [0.29, 0.717) is 12.0 Å². The van der Waals surface area contributed by atoms with Gasteiger partial charge in [-0.1, -0.05) is 27.7 Å². The maximum absolute atomic E-state index is 5.67. The molecule has 86 valence electrons. The first-order valence-corrected chi connectivity index (χ1v) is 5.59. The van der Waals surface area contributed by atoms with Gasteiger partial charge in [0.1, 0.15) is 0 Å². The average molecular weight is 201 g/mol. The van der Waals surface area contributed by atoms with Crippen molar-refractivity contribution in [3.05, 3.63) is 0 Å². The number of hydrogen-bond donors (Lipinski definition) is 2. The first-order chi connectivity index (χ1) is 6.46. The summed E-state index contributed by atoms with van der Waals surface area (Å²) in [6.07, 6.45) is 2.23. The number of nitrogens with one attached hydrogen (secondary N) is 1. The maximum Gasteiger partial charge on any atom is 0.0417 e. The van der Waals surface area contributed by atoms with Gasteiger partial charge in [0.05, 0.1) is 0 Å². The first-order valence-electron chi connectivity index (χ1n) is 5.59. The highest BCUT2D eigenvalue weighted by molar-refractivity contribution is 4.97. The van der Waals surface area contributed by atoms with Crippen LogP contribution in [0.4, 0.5) is 0 Å². The smallest absolute Gasteiger partial charge is 0.0417 e. The number of nitrogens with zero attached hydrogens (tertiary/aromatic N) is 1. The lowest BCUT2D eigenvalue weighted by atomic mass is 9.78. The third kappa shape index (κ3) is 2.47. The molecule has 0 saturated carbocycles. The maximum atomic E-state index is 5.67. The van der Waals surface area contributed by atoms with Gasteiger partial charge in [0.25, 0.3) is 0 Å². The van der Waals surface area contributed by atoms with Gasteiger partial charge in [-0.05, 0) is 32.9 Å². The topological polar surface area (TPSA) is 41.3 Å². The van der Waals surface area contributed by atoms with Gasteiger partial charge in [0.15, 0.2) is 0 Å². The molecule has 0 bridgehead atoms. The molecule has 3 N–H and O–H groups in total. The van der Waals surface area contributed by atoms with Gasteiger partial charge in [0.2, 0.25) is 0 Å². The molecule has 14 heavy (non-hydrogen) atoms. The summed E-state index contributed by atoms with van der Waals surface area (Å²) in [6.45, 7) is 8.90. The van der Waals surface area contributed by atoms with Gasteiger partial charge in [0, 0.05) is 11.6 Å². The Labute approximate surface area is 89.0 Å². The van der Waals surface area contributed by atoms with Crippen molar-refractivity contribution in [3.63, 3.8) is 0 Å². The third-order valence-corrected chi connectivity index (χ3v) is 3.54.